The quantitative estimate of drug-likeness (QED) is 0.545. The van der Waals surface area contributed by atoms with E-state index in [1.54, 1.807) is 6.20 Å². The molecule has 6 nitrogen and oxygen atoms in total. The van der Waals surface area contributed by atoms with Crippen molar-refractivity contribution < 1.29 is 9.21 Å². The summed E-state index contributed by atoms with van der Waals surface area (Å²) in [6.07, 6.45) is 7.09. The highest BCUT2D eigenvalue weighted by Crippen LogP contribution is 2.29. The zero-order valence-electron chi connectivity index (χ0n) is 16.0. The van der Waals surface area contributed by atoms with Gasteiger partial charge in [0.1, 0.15) is 11.4 Å². The molecule has 0 fully saturated rings. The molecule has 0 bridgehead atoms. The van der Waals surface area contributed by atoms with E-state index in [2.05, 4.69) is 27.1 Å². The third-order valence-corrected chi connectivity index (χ3v) is 6.10. The molecule has 146 valence electrons. The lowest BCUT2D eigenvalue weighted by Gasteiger charge is -2.26. The Hall–Kier alpha value is -3.19. The second-order valence-electron chi connectivity index (χ2n) is 7.15. The van der Waals surface area contributed by atoms with E-state index in [1.165, 1.54) is 22.5 Å². The van der Waals surface area contributed by atoms with Crippen LogP contribution < -0.4 is 0 Å². The Balaban J connectivity index is 1.26. The summed E-state index contributed by atoms with van der Waals surface area (Å²) in [5.74, 6) is 1.72. The number of carbonyl (C=O) groups excluding carboxylic acids is 1. The predicted molar refractivity (Wildman–Crippen MR) is 114 cm³/mol. The first-order valence-electron chi connectivity index (χ1n) is 9.58. The van der Waals surface area contributed by atoms with Crippen LogP contribution in [0.1, 0.15) is 23.4 Å². The first-order chi connectivity index (χ1) is 14.2. The fourth-order valence-corrected chi connectivity index (χ4v) is 4.46. The minimum absolute atomic E-state index is 0.105. The summed E-state index contributed by atoms with van der Waals surface area (Å²) in [6, 6.07) is 7.86. The summed E-state index contributed by atoms with van der Waals surface area (Å²) < 4.78 is 5.62. The van der Waals surface area contributed by atoms with Crippen LogP contribution in [0.15, 0.2) is 52.5 Å². The summed E-state index contributed by atoms with van der Waals surface area (Å²) in [5, 5.41) is 3.88. The van der Waals surface area contributed by atoms with Gasteiger partial charge in [-0.3, -0.25) is 4.79 Å². The van der Waals surface area contributed by atoms with E-state index in [4.69, 9.17) is 4.42 Å². The number of aromatic amines is 1. The van der Waals surface area contributed by atoms with Gasteiger partial charge < -0.3 is 14.3 Å². The SMILES string of the molecule is Cc1ccc(-c2nc(CC(=O)N3CC=C(c4c[nH]c5ncccc45)CC3)cs2)o1. The highest BCUT2D eigenvalue weighted by atomic mass is 32.1. The molecule has 1 aliphatic heterocycles. The molecule has 0 saturated carbocycles. The Kier molecular flexibility index (Phi) is 4.52. The number of furan rings is 1. The van der Waals surface area contributed by atoms with Crippen LogP contribution in [0.4, 0.5) is 0 Å². The summed E-state index contributed by atoms with van der Waals surface area (Å²) in [7, 11) is 0. The minimum atomic E-state index is 0.105. The number of hydrogen-bond acceptors (Lipinski definition) is 5. The van der Waals surface area contributed by atoms with Crippen molar-refractivity contribution in [2.45, 2.75) is 19.8 Å². The Morgan fingerprint density at radius 2 is 2.28 bits per heavy atom. The smallest absolute Gasteiger partial charge is 0.228 e. The van der Waals surface area contributed by atoms with Gasteiger partial charge in [-0.1, -0.05) is 6.08 Å². The molecule has 0 unspecified atom stereocenters. The molecule has 0 saturated heterocycles. The molecular weight excluding hydrogens is 384 g/mol. The van der Waals surface area contributed by atoms with Crippen LogP contribution in [0.3, 0.4) is 0 Å². The zero-order chi connectivity index (χ0) is 19.8. The summed E-state index contributed by atoms with van der Waals surface area (Å²) >= 11 is 1.51. The molecule has 0 spiro atoms. The van der Waals surface area contributed by atoms with Gasteiger partial charge >= 0.3 is 0 Å². The Morgan fingerprint density at radius 3 is 3.07 bits per heavy atom. The van der Waals surface area contributed by atoms with Gasteiger partial charge in [0.15, 0.2) is 10.8 Å². The second kappa shape index (κ2) is 7.33. The van der Waals surface area contributed by atoms with Gasteiger partial charge in [0.25, 0.3) is 0 Å². The Morgan fingerprint density at radius 1 is 1.34 bits per heavy atom. The molecule has 0 radical (unpaired) electrons. The highest BCUT2D eigenvalue weighted by Gasteiger charge is 2.21. The van der Waals surface area contributed by atoms with Crippen molar-refractivity contribution >= 4 is 33.9 Å². The average molecular weight is 404 g/mol. The predicted octanol–water partition coefficient (Wildman–Crippen LogP) is 4.45. The third-order valence-electron chi connectivity index (χ3n) is 5.19. The number of nitrogens with one attached hydrogen (secondary N) is 1. The maximum atomic E-state index is 12.7. The van der Waals surface area contributed by atoms with E-state index in [9.17, 15) is 4.79 Å². The molecule has 5 rings (SSSR count). The Bertz CT molecular complexity index is 1220. The molecule has 7 heteroatoms. The van der Waals surface area contributed by atoms with Crippen LogP contribution in [0, 0.1) is 6.92 Å². The molecule has 5 heterocycles. The van der Waals surface area contributed by atoms with Gasteiger partial charge in [0.2, 0.25) is 5.91 Å². The summed E-state index contributed by atoms with van der Waals surface area (Å²) in [5.41, 5.74) is 4.13. The van der Waals surface area contributed by atoms with Crippen molar-refractivity contribution in [1.29, 1.82) is 0 Å². The standard InChI is InChI=1S/C22H20N4O2S/c1-14-4-5-19(28-14)22-25-16(13-29-22)11-20(27)26-9-6-15(7-10-26)18-12-24-21-17(18)3-2-8-23-21/h2-6,8,12-13H,7,9-11H2,1H3,(H,23,24). The van der Waals surface area contributed by atoms with Crippen molar-refractivity contribution in [2.75, 3.05) is 13.1 Å². The number of aromatic nitrogens is 3. The number of fused-ring (bicyclic) bond motifs is 1. The number of rotatable bonds is 4. The fourth-order valence-electron chi connectivity index (χ4n) is 3.68. The molecule has 1 amide bonds. The molecule has 29 heavy (non-hydrogen) atoms. The van der Waals surface area contributed by atoms with E-state index in [1.807, 2.05) is 41.6 Å². The van der Waals surface area contributed by atoms with Crippen molar-refractivity contribution in [2.24, 2.45) is 0 Å². The normalized spacial score (nSPS) is 14.4. The van der Waals surface area contributed by atoms with E-state index in [0.29, 0.717) is 19.5 Å². The fraction of sp³-hybridized carbons (Fsp3) is 0.227. The lowest BCUT2D eigenvalue weighted by atomic mass is 9.99. The molecule has 0 aromatic carbocycles. The van der Waals surface area contributed by atoms with Gasteiger partial charge in [-0.2, -0.15) is 0 Å². The maximum absolute atomic E-state index is 12.7. The van der Waals surface area contributed by atoms with Gasteiger partial charge in [0, 0.05) is 41.8 Å². The van der Waals surface area contributed by atoms with Gasteiger partial charge in [-0.15, -0.1) is 11.3 Å². The van der Waals surface area contributed by atoms with Crippen LogP contribution in [0.5, 0.6) is 0 Å². The van der Waals surface area contributed by atoms with Crippen LogP contribution in [0.25, 0.3) is 27.4 Å². The molecular formula is C22H20N4O2S. The van der Waals surface area contributed by atoms with Crippen molar-refractivity contribution in [3.63, 3.8) is 0 Å². The zero-order valence-corrected chi connectivity index (χ0v) is 16.8. The summed E-state index contributed by atoms with van der Waals surface area (Å²) in [4.78, 5) is 26.8. The van der Waals surface area contributed by atoms with E-state index in [0.717, 1.165) is 39.7 Å². The lowest BCUT2D eigenvalue weighted by molar-refractivity contribution is -0.130. The first kappa shape index (κ1) is 17.9. The largest absolute Gasteiger partial charge is 0.459 e. The van der Waals surface area contributed by atoms with E-state index < -0.39 is 0 Å². The number of amides is 1. The minimum Gasteiger partial charge on any atom is -0.459 e. The second-order valence-corrected chi connectivity index (χ2v) is 8.01. The molecule has 1 N–H and O–H groups in total. The van der Waals surface area contributed by atoms with Crippen LogP contribution in [0.2, 0.25) is 0 Å². The number of pyridine rings is 1. The maximum Gasteiger partial charge on any atom is 0.228 e. The van der Waals surface area contributed by atoms with Crippen LogP contribution in [-0.4, -0.2) is 38.8 Å². The Labute approximate surface area is 171 Å². The van der Waals surface area contributed by atoms with Crippen LogP contribution >= 0.6 is 11.3 Å². The van der Waals surface area contributed by atoms with Gasteiger partial charge in [0.05, 0.1) is 12.1 Å². The monoisotopic (exact) mass is 404 g/mol. The van der Waals surface area contributed by atoms with Crippen LogP contribution in [-0.2, 0) is 11.2 Å². The van der Waals surface area contributed by atoms with Crippen molar-refractivity contribution in [3.05, 3.63) is 65.1 Å². The number of H-pyrrole nitrogens is 1. The highest BCUT2D eigenvalue weighted by molar-refractivity contribution is 7.13. The molecule has 1 aliphatic rings. The molecule has 0 atom stereocenters. The average Bonchev–Trinajstić information content (AvgIpc) is 3.47. The van der Waals surface area contributed by atoms with E-state index >= 15 is 0 Å². The van der Waals surface area contributed by atoms with E-state index in [-0.39, 0.29) is 5.91 Å². The number of nitrogens with zero attached hydrogens (tertiary/aromatic N) is 3. The van der Waals surface area contributed by atoms with Crippen molar-refractivity contribution in [1.82, 2.24) is 19.9 Å². The van der Waals surface area contributed by atoms with Gasteiger partial charge in [-0.25, -0.2) is 9.97 Å². The molecule has 4 aromatic rings. The molecule has 4 aromatic heterocycles. The molecule has 0 aliphatic carbocycles. The lowest BCUT2D eigenvalue weighted by Crippen LogP contribution is -2.35. The number of thiazole rings is 1. The first-order valence-corrected chi connectivity index (χ1v) is 10.5. The van der Waals surface area contributed by atoms with Gasteiger partial charge in [-0.05, 0) is 43.2 Å². The summed E-state index contributed by atoms with van der Waals surface area (Å²) in [6.45, 7) is 3.24. The van der Waals surface area contributed by atoms with Crippen molar-refractivity contribution in [3.8, 4) is 10.8 Å². The number of carbonyl (C=O) groups is 1. The number of hydrogen-bond donors (Lipinski definition) is 1. The topological polar surface area (TPSA) is 75.0 Å². The number of aryl methyl sites for hydroxylation is 1. The third kappa shape index (κ3) is 3.49.